The van der Waals surface area contributed by atoms with Crippen molar-refractivity contribution >= 4 is 23.2 Å². The third-order valence-corrected chi connectivity index (χ3v) is 5.69. The molecule has 1 aliphatic carbocycles. The molecule has 1 aromatic rings. The number of aliphatic carboxylic acids is 1. The van der Waals surface area contributed by atoms with Gasteiger partial charge in [-0.25, -0.2) is 9.78 Å². The summed E-state index contributed by atoms with van der Waals surface area (Å²) >= 11 is 1.43. The maximum Gasteiger partial charge on any atom is 0.329 e. The minimum absolute atomic E-state index is 0.262. The molecule has 0 spiro atoms. The van der Waals surface area contributed by atoms with Crippen LogP contribution in [0.5, 0.6) is 0 Å². The number of carbonyl (C=O) groups is 2. The van der Waals surface area contributed by atoms with Gasteiger partial charge in [-0.3, -0.25) is 4.79 Å². The molecule has 2 rings (SSSR count). The second kappa shape index (κ2) is 5.75. The summed E-state index contributed by atoms with van der Waals surface area (Å²) in [5.41, 5.74) is -0.527. The highest BCUT2D eigenvalue weighted by Gasteiger charge is 2.37. The van der Waals surface area contributed by atoms with E-state index >= 15 is 0 Å². The van der Waals surface area contributed by atoms with E-state index in [1.54, 1.807) is 0 Å². The number of carboxylic acids is 1. The Bertz CT molecular complexity index is 559. The number of nitrogens with zero attached hydrogens (tertiary/aromatic N) is 2. The van der Waals surface area contributed by atoms with Gasteiger partial charge in [-0.05, 0) is 33.6 Å². The molecule has 1 aromatic heterocycles. The van der Waals surface area contributed by atoms with Crippen LogP contribution < -0.4 is 0 Å². The Kier molecular flexibility index (Phi) is 4.37. The van der Waals surface area contributed by atoms with Crippen LogP contribution in [0.3, 0.4) is 0 Å². The number of amides is 1. The van der Waals surface area contributed by atoms with Crippen LogP contribution in [0.4, 0.5) is 0 Å². The van der Waals surface area contributed by atoms with Gasteiger partial charge in [0.15, 0.2) is 0 Å². The van der Waals surface area contributed by atoms with Crippen LogP contribution in [0.1, 0.15) is 65.8 Å². The first-order chi connectivity index (χ1) is 9.75. The molecular formula is C15H22N2O3S. The van der Waals surface area contributed by atoms with Crippen LogP contribution in [0.2, 0.25) is 0 Å². The lowest BCUT2D eigenvalue weighted by molar-refractivity contribution is -0.147. The van der Waals surface area contributed by atoms with E-state index in [9.17, 15) is 14.7 Å². The molecule has 21 heavy (non-hydrogen) atoms. The zero-order valence-corrected chi connectivity index (χ0v) is 13.8. The Morgan fingerprint density at radius 3 is 2.43 bits per heavy atom. The van der Waals surface area contributed by atoms with E-state index in [2.05, 4.69) is 4.98 Å². The van der Waals surface area contributed by atoms with Crippen LogP contribution in [-0.2, 0) is 4.79 Å². The van der Waals surface area contributed by atoms with Gasteiger partial charge in [-0.1, -0.05) is 12.8 Å². The Labute approximate surface area is 129 Å². The van der Waals surface area contributed by atoms with Crippen molar-refractivity contribution in [3.05, 3.63) is 15.6 Å². The van der Waals surface area contributed by atoms with Crippen molar-refractivity contribution in [1.29, 1.82) is 0 Å². The number of aromatic nitrogens is 1. The highest BCUT2D eigenvalue weighted by molar-refractivity contribution is 7.13. The predicted octanol–water partition coefficient (Wildman–Crippen LogP) is 3.04. The lowest BCUT2D eigenvalue weighted by Crippen LogP contribution is -2.50. The van der Waals surface area contributed by atoms with E-state index in [1.807, 2.05) is 6.92 Å². The molecule has 116 valence electrons. The van der Waals surface area contributed by atoms with Crippen LogP contribution in [-0.4, -0.2) is 39.5 Å². The first-order valence-corrected chi connectivity index (χ1v) is 8.05. The molecule has 1 saturated carbocycles. The zero-order valence-electron chi connectivity index (χ0n) is 13.0. The third kappa shape index (κ3) is 2.95. The third-order valence-electron chi connectivity index (χ3n) is 4.38. The molecule has 1 N–H and O–H groups in total. The van der Waals surface area contributed by atoms with Crippen LogP contribution >= 0.6 is 11.3 Å². The number of hydrogen-bond acceptors (Lipinski definition) is 4. The Balaban J connectivity index is 2.25. The second-order valence-electron chi connectivity index (χ2n) is 6.18. The average molecular weight is 310 g/mol. The number of thiazole rings is 1. The fourth-order valence-electron chi connectivity index (χ4n) is 2.51. The fourth-order valence-corrected chi connectivity index (χ4v) is 3.72. The lowest BCUT2D eigenvalue weighted by Gasteiger charge is -2.31. The summed E-state index contributed by atoms with van der Waals surface area (Å²) in [6.45, 7) is 4.88. The van der Waals surface area contributed by atoms with Crippen molar-refractivity contribution in [2.24, 2.45) is 0 Å². The highest BCUT2D eigenvalue weighted by atomic mass is 32.1. The number of rotatable bonds is 4. The average Bonchev–Trinajstić information content (AvgIpc) is 3.05. The van der Waals surface area contributed by atoms with E-state index in [1.165, 1.54) is 50.0 Å². The molecule has 1 heterocycles. The van der Waals surface area contributed by atoms with E-state index in [0.29, 0.717) is 16.5 Å². The minimum atomic E-state index is -1.24. The summed E-state index contributed by atoms with van der Waals surface area (Å²) < 4.78 is 0. The second-order valence-corrected chi connectivity index (χ2v) is 7.21. The molecule has 1 aliphatic rings. The van der Waals surface area contributed by atoms with Crippen molar-refractivity contribution in [2.45, 2.75) is 57.9 Å². The van der Waals surface area contributed by atoms with Gasteiger partial charge in [0, 0.05) is 13.0 Å². The Morgan fingerprint density at radius 1 is 1.33 bits per heavy atom. The molecule has 0 radical (unpaired) electrons. The SMILES string of the molecule is Cc1nc(C2CCCC2)sc1C(=O)N(C)C(C)(C)C(=O)O. The molecular weight excluding hydrogens is 288 g/mol. The van der Waals surface area contributed by atoms with Crippen LogP contribution in [0.25, 0.3) is 0 Å². The van der Waals surface area contributed by atoms with Crippen LogP contribution in [0, 0.1) is 6.92 Å². The van der Waals surface area contributed by atoms with E-state index < -0.39 is 11.5 Å². The Hall–Kier alpha value is -1.43. The number of hydrogen-bond donors (Lipinski definition) is 1. The lowest BCUT2D eigenvalue weighted by atomic mass is 10.0. The summed E-state index contributed by atoms with van der Waals surface area (Å²) in [5.74, 6) is -0.814. The van der Waals surface area contributed by atoms with Crippen molar-refractivity contribution in [3.63, 3.8) is 0 Å². The maximum atomic E-state index is 12.6. The van der Waals surface area contributed by atoms with Crippen molar-refractivity contribution in [1.82, 2.24) is 9.88 Å². The molecule has 1 amide bonds. The van der Waals surface area contributed by atoms with Crippen molar-refractivity contribution in [2.75, 3.05) is 7.05 Å². The number of carboxylic acid groups (broad SMARTS) is 1. The summed E-state index contributed by atoms with van der Waals surface area (Å²) in [5, 5.41) is 10.3. The molecule has 0 atom stereocenters. The topological polar surface area (TPSA) is 70.5 Å². The molecule has 5 nitrogen and oxygen atoms in total. The highest BCUT2D eigenvalue weighted by Crippen LogP contribution is 2.37. The normalized spacial score (nSPS) is 16.2. The molecule has 0 aliphatic heterocycles. The van der Waals surface area contributed by atoms with Crippen molar-refractivity contribution < 1.29 is 14.7 Å². The molecule has 0 bridgehead atoms. The Morgan fingerprint density at radius 2 is 1.90 bits per heavy atom. The summed E-state index contributed by atoms with van der Waals surface area (Å²) in [4.78, 5) is 30.3. The molecule has 0 aromatic carbocycles. The predicted molar refractivity (Wildman–Crippen MR) is 81.9 cm³/mol. The molecule has 1 fully saturated rings. The standard InChI is InChI=1S/C15H22N2O3S/c1-9-11(13(18)17(4)15(2,3)14(19)20)21-12(16-9)10-7-5-6-8-10/h10H,5-8H2,1-4H3,(H,19,20). The molecule has 0 unspecified atom stereocenters. The van der Waals surface area contributed by atoms with E-state index in [0.717, 1.165) is 17.8 Å². The van der Waals surface area contributed by atoms with Gasteiger partial charge in [-0.15, -0.1) is 11.3 Å². The van der Waals surface area contributed by atoms with Gasteiger partial charge < -0.3 is 10.0 Å². The van der Waals surface area contributed by atoms with Gasteiger partial charge in [0.25, 0.3) is 5.91 Å². The van der Waals surface area contributed by atoms with Crippen LogP contribution in [0.15, 0.2) is 0 Å². The van der Waals surface area contributed by atoms with Gasteiger partial charge in [0.05, 0.1) is 10.7 Å². The zero-order chi connectivity index (χ0) is 15.8. The van der Waals surface area contributed by atoms with Crippen molar-refractivity contribution in [3.8, 4) is 0 Å². The summed E-state index contributed by atoms with van der Waals surface area (Å²) in [6.07, 6.45) is 4.71. The van der Waals surface area contributed by atoms with E-state index in [4.69, 9.17) is 0 Å². The van der Waals surface area contributed by atoms with Gasteiger partial charge in [0.2, 0.25) is 0 Å². The van der Waals surface area contributed by atoms with Gasteiger partial charge >= 0.3 is 5.97 Å². The summed E-state index contributed by atoms with van der Waals surface area (Å²) in [7, 11) is 1.53. The maximum absolute atomic E-state index is 12.6. The number of likely N-dealkylation sites (N-methyl/N-ethyl adjacent to an activating group) is 1. The first kappa shape index (κ1) is 15.9. The summed E-state index contributed by atoms with van der Waals surface area (Å²) in [6, 6.07) is 0. The number of carbonyl (C=O) groups excluding carboxylic acids is 1. The van der Waals surface area contributed by atoms with Gasteiger partial charge in [-0.2, -0.15) is 0 Å². The minimum Gasteiger partial charge on any atom is -0.480 e. The quantitative estimate of drug-likeness (QED) is 0.928. The fraction of sp³-hybridized carbons (Fsp3) is 0.667. The molecule has 6 heteroatoms. The first-order valence-electron chi connectivity index (χ1n) is 7.24. The van der Waals surface area contributed by atoms with Gasteiger partial charge in [0.1, 0.15) is 10.4 Å². The largest absolute Gasteiger partial charge is 0.480 e. The molecule has 0 saturated heterocycles. The van der Waals surface area contributed by atoms with E-state index in [-0.39, 0.29) is 5.91 Å². The smallest absolute Gasteiger partial charge is 0.329 e. The monoisotopic (exact) mass is 310 g/mol. The number of aryl methyl sites for hydroxylation is 1.